The van der Waals surface area contributed by atoms with Gasteiger partial charge in [-0.25, -0.2) is 4.98 Å². The average Bonchev–Trinajstić information content (AvgIpc) is 3.12. The number of thioether (sulfide) groups is 1. The number of hydrogen-bond donors (Lipinski definition) is 1. The number of H-pyrrole nitrogens is 1. The summed E-state index contributed by atoms with van der Waals surface area (Å²) in [4.78, 5) is 8.44. The van der Waals surface area contributed by atoms with Crippen molar-refractivity contribution in [3.05, 3.63) is 36.2 Å². The standard InChI is InChI=1S/C16H20F3N5S/c17-16(18,19)13-3-1-4-14(11-13)24-8-6-23(7-9-24)5-2-10-25-15-20-12-21-22-15/h1,3-4,11-12H,2,5-10H2,(H,20,21,22). The van der Waals surface area contributed by atoms with Crippen molar-refractivity contribution in [2.24, 2.45) is 0 Å². The molecule has 1 fully saturated rings. The Balaban J connectivity index is 1.42. The van der Waals surface area contributed by atoms with Crippen LogP contribution in [0.25, 0.3) is 0 Å². The summed E-state index contributed by atoms with van der Waals surface area (Å²) >= 11 is 1.64. The predicted octanol–water partition coefficient (Wildman–Crippen LogP) is 3.13. The maximum Gasteiger partial charge on any atom is 0.416 e. The van der Waals surface area contributed by atoms with Gasteiger partial charge in [0.1, 0.15) is 6.33 Å². The van der Waals surface area contributed by atoms with Crippen LogP contribution < -0.4 is 4.90 Å². The Morgan fingerprint density at radius 1 is 1.16 bits per heavy atom. The van der Waals surface area contributed by atoms with Crippen molar-refractivity contribution in [3.8, 4) is 0 Å². The van der Waals surface area contributed by atoms with Gasteiger partial charge in [0.2, 0.25) is 0 Å². The van der Waals surface area contributed by atoms with Crippen LogP contribution in [0.3, 0.4) is 0 Å². The molecule has 1 aliphatic rings. The van der Waals surface area contributed by atoms with Crippen LogP contribution >= 0.6 is 11.8 Å². The topological polar surface area (TPSA) is 48.1 Å². The third kappa shape index (κ3) is 5.12. The Kier molecular flexibility index (Phi) is 5.85. The van der Waals surface area contributed by atoms with Gasteiger partial charge in [0, 0.05) is 37.6 Å². The molecule has 0 spiro atoms. The van der Waals surface area contributed by atoms with Crippen molar-refractivity contribution in [1.29, 1.82) is 0 Å². The molecular weight excluding hydrogens is 351 g/mol. The maximum absolute atomic E-state index is 12.8. The van der Waals surface area contributed by atoms with Gasteiger partial charge in [-0.05, 0) is 31.2 Å². The van der Waals surface area contributed by atoms with Crippen LogP contribution in [0.5, 0.6) is 0 Å². The number of piperazine rings is 1. The third-order valence-corrected chi connectivity index (χ3v) is 5.12. The largest absolute Gasteiger partial charge is 0.416 e. The summed E-state index contributed by atoms with van der Waals surface area (Å²) in [5.74, 6) is 0.961. The van der Waals surface area contributed by atoms with Gasteiger partial charge < -0.3 is 4.90 Å². The zero-order valence-electron chi connectivity index (χ0n) is 13.7. The summed E-state index contributed by atoms with van der Waals surface area (Å²) in [7, 11) is 0. The second-order valence-electron chi connectivity index (χ2n) is 5.87. The van der Waals surface area contributed by atoms with E-state index in [0.717, 1.165) is 56.1 Å². The van der Waals surface area contributed by atoms with Crippen molar-refractivity contribution >= 4 is 17.4 Å². The molecule has 0 amide bonds. The van der Waals surface area contributed by atoms with E-state index in [1.54, 1.807) is 17.8 Å². The van der Waals surface area contributed by atoms with E-state index in [4.69, 9.17) is 0 Å². The molecule has 0 aliphatic carbocycles. The molecule has 1 N–H and O–H groups in total. The van der Waals surface area contributed by atoms with Crippen LogP contribution in [0.15, 0.2) is 35.7 Å². The van der Waals surface area contributed by atoms with Crippen molar-refractivity contribution in [2.45, 2.75) is 17.8 Å². The molecule has 0 bridgehead atoms. The van der Waals surface area contributed by atoms with Crippen molar-refractivity contribution in [1.82, 2.24) is 20.1 Å². The molecule has 25 heavy (non-hydrogen) atoms. The van der Waals surface area contributed by atoms with Crippen LogP contribution in [-0.4, -0.2) is 58.6 Å². The van der Waals surface area contributed by atoms with E-state index in [2.05, 4.69) is 20.1 Å². The Morgan fingerprint density at radius 3 is 2.64 bits per heavy atom. The molecule has 1 aliphatic heterocycles. The number of anilines is 1. The van der Waals surface area contributed by atoms with Crippen LogP contribution in [0, 0.1) is 0 Å². The fraction of sp³-hybridized carbons (Fsp3) is 0.500. The molecule has 0 unspecified atom stereocenters. The molecule has 1 aromatic carbocycles. The number of aromatic amines is 1. The number of aromatic nitrogens is 3. The molecule has 0 saturated carbocycles. The highest BCUT2D eigenvalue weighted by Crippen LogP contribution is 2.31. The van der Waals surface area contributed by atoms with E-state index in [1.807, 2.05) is 4.90 Å². The molecule has 3 rings (SSSR count). The van der Waals surface area contributed by atoms with Crippen molar-refractivity contribution in [2.75, 3.05) is 43.4 Å². The van der Waals surface area contributed by atoms with Gasteiger partial charge in [-0.1, -0.05) is 17.8 Å². The van der Waals surface area contributed by atoms with Gasteiger partial charge in [0.15, 0.2) is 5.16 Å². The lowest BCUT2D eigenvalue weighted by Crippen LogP contribution is -2.46. The SMILES string of the molecule is FC(F)(F)c1cccc(N2CCN(CCCSc3ncn[nH]3)CC2)c1. The van der Waals surface area contributed by atoms with E-state index in [-0.39, 0.29) is 0 Å². The van der Waals surface area contributed by atoms with Gasteiger partial charge >= 0.3 is 6.18 Å². The monoisotopic (exact) mass is 371 g/mol. The number of alkyl halides is 3. The van der Waals surface area contributed by atoms with E-state index >= 15 is 0 Å². The van der Waals surface area contributed by atoms with E-state index in [0.29, 0.717) is 5.69 Å². The summed E-state index contributed by atoms with van der Waals surface area (Å²) in [6, 6.07) is 5.58. The highest BCUT2D eigenvalue weighted by molar-refractivity contribution is 7.99. The zero-order chi connectivity index (χ0) is 17.7. The molecule has 1 saturated heterocycles. The summed E-state index contributed by atoms with van der Waals surface area (Å²) in [6.45, 7) is 4.21. The first kappa shape index (κ1) is 18.1. The smallest absolute Gasteiger partial charge is 0.369 e. The molecule has 2 aromatic rings. The molecular formula is C16H20F3N5S. The van der Waals surface area contributed by atoms with Gasteiger partial charge in [0.05, 0.1) is 5.56 Å². The van der Waals surface area contributed by atoms with E-state index < -0.39 is 11.7 Å². The third-order valence-electron chi connectivity index (χ3n) is 4.16. The van der Waals surface area contributed by atoms with Crippen LogP contribution in [0.4, 0.5) is 18.9 Å². The van der Waals surface area contributed by atoms with Gasteiger partial charge in [0.25, 0.3) is 0 Å². The lowest BCUT2D eigenvalue weighted by molar-refractivity contribution is -0.137. The lowest BCUT2D eigenvalue weighted by Gasteiger charge is -2.36. The number of rotatable bonds is 6. The Bertz CT molecular complexity index is 654. The summed E-state index contributed by atoms with van der Waals surface area (Å²) in [6.07, 6.45) is -1.76. The molecule has 136 valence electrons. The first-order valence-electron chi connectivity index (χ1n) is 8.15. The van der Waals surface area contributed by atoms with Crippen LogP contribution in [0.1, 0.15) is 12.0 Å². The number of nitrogens with one attached hydrogen (secondary N) is 1. The molecule has 5 nitrogen and oxygen atoms in total. The fourth-order valence-corrected chi connectivity index (χ4v) is 3.54. The number of halogens is 3. The van der Waals surface area contributed by atoms with Gasteiger partial charge in [-0.2, -0.15) is 18.3 Å². The number of benzene rings is 1. The normalized spacial score (nSPS) is 16.4. The van der Waals surface area contributed by atoms with Gasteiger partial charge in [-0.15, -0.1) is 0 Å². The Hall–Kier alpha value is -1.74. The number of hydrogen-bond acceptors (Lipinski definition) is 5. The minimum Gasteiger partial charge on any atom is -0.369 e. The first-order chi connectivity index (χ1) is 12.0. The zero-order valence-corrected chi connectivity index (χ0v) is 14.5. The number of nitrogens with zero attached hydrogens (tertiary/aromatic N) is 4. The summed E-state index contributed by atoms with van der Waals surface area (Å²) in [5, 5.41) is 7.45. The minimum absolute atomic E-state index is 0.586. The van der Waals surface area contributed by atoms with Crippen LogP contribution in [-0.2, 0) is 6.18 Å². The Labute approximate surface area is 148 Å². The molecule has 2 heterocycles. The molecule has 1 aromatic heterocycles. The predicted molar refractivity (Wildman–Crippen MR) is 91.8 cm³/mol. The van der Waals surface area contributed by atoms with Crippen molar-refractivity contribution in [3.63, 3.8) is 0 Å². The molecule has 0 radical (unpaired) electrons. The Morgan fingerprint density at radius 2 is 1.96 bits per heavy atom. The first-order valence-corrected chi connectivity index (χ1v) is 9.14. The summed E-state index contributed by atoms with van der Waals surface area (Å²) in [5.41, 5.74) is 0.0622. The fourth-order valence-electron chi connectivity index (χ4n) is 2.83. The van der Waals surface area contributed by atoms with E-state index in [1.165, 1.54) is 18.5 Å². The highest BCUT2D eigenvalue weighted by atomic mass is 32.2. The highest BCUT2D eigenvalue weighted by Gasteiger charge is 2.31. The minimum atomic E-state index is -4.29. The summed E-state index contributed by atoms with van der Waals surface area (Å²) < 4.78 is 38.5. The lowest BCUT2D eigenvalue weighted by atomic mass is 10.1. The average molecular weight is 371 g/mol. The molecule has 9 heteroatoms. The molecule has 0 atom stereocenters. The second-order valence-corrected chi connectivity index (χ2v) is 6.95. The van der Waals surface area contributed by atoms with Crippen molar-refractivity contribution < 1.29 is 13.2 Å². The second kappa shape index (κ2) is 8.09. The van der Waals surface area contributed by atoms with Gasteiger partial charge in [-0.3, -0.25) is 10.00 Å². The van der Waals surface area contributed by atoms with E-state index in [9.17, 15) is 13.2 Å². The quantitative estimate of drug-likeness (QED) is 0.625. The van der Waals surface area contributed by atoms with Crippen LogP contribution in [0.2, 0.25) is 0 Å². The maximum atomic E-state index is 12.8.